The van der Waals surface area contributed by atoms with Gasteiger partial charge in [0.05, 0.1) is 0 Å². The molecule has 2 rings (SSSR count). The van der Waals surface area contributed by atoms with E-state index in [9.17, 15) is 13.2 Å². The number of halogens is 3. The molecule has 0 heterocycles. The Morgan fingerprint density at radius 2 is 1.60 bits per heavy atom. The van der Waals surface area contributed by atoms with Gasteiger partial charge in [0.25, 0.3) is 0 Å². The Morgan fingerprint density at radius 1 is 1.00 bits per heavy atom. The number of hydrogen-bond donors (Lipinski definition) is 0. The zero-order valence-electron chi connectivity index (χ0n) is 11.6. The van der Waals surface area contributed by atoms with E-state index in [1.807, 2.05) is 19.1 Å². The van der Waals surface area contributed by atoms with Gasteiger partial charge in [0.15, 0.2) is 5.83 Å². The summed E-state index contributed by atoms with van der Waals surface area (Å²) in [5.74, 6) is -1.42. The van der Waals surface area contributed by atoms with Crippen molar-refractivity contribution < 1.29 is 13.2 Å². The van der Waals surface area contributed by atoms with Crippen LogP contribution in [0.1, 0.15) is 49.7 Å². The van der Waals surface area contributed by atoms with Crippen molar-refractivity contribution in [1.29, 1.82) is 0 Å². The SMILES string of the molecule is C/C=C/c1ccc(C2CCC(C(F)=C(F)F)CC2)cc1. The lowest BCUT2D eigenvalue weighted by Crippen LogP contribution is -2.14. The molecule has 0 N–H and O–H groups in total. The Balaban J connectivity index is 1.98. The molecule has 0 saturated heterocycles. The summed E-state index contributed by atoms with van der Waals surface area (Å²) in [7, 11) is 0. The zero-order valence-corrected chi connectivity index (χ0v) is 11.6. The van der Waals surface area contributed by atoms with E-state index in [2.05, 4.69) is 24.3 Å². The zero-order chi connectivity index (χ0) is 14.5. The highest BCUT2D eigenvalue weighted by Crippen LogP contribution is 2.40. The van der Waals surface area contributed by atoms with E-state index in [4.69, 9.17) is 0 Å². The van der Waals surface area contributed by atoms with Gasteiger partial charge in [-0.15, -0.1) is 0 Å². The first-order chi connectivity index (χ1) is 9.61. The molecule has 0 amide bonds. The van der Waals surface area contributed by atoms with Gasteiger partial charge in [-0.1, -0.05) is 36.4 Å². The summed E-state index contributed by atoms with van der Waals surface area (Å²) in [6.45, 7) is 1.97. The third kappa shape index (κ3) is 3.53. The average Bonchev–Trinajstić information content (AvgIpc) is 2.48. The maximum atomic E-state index is 13.2. The van der Waals surface area contributed by atoms with Crippen LogP contribution in [0.25, 0.3) is 6.08 Å². The molecule has 20 heavy (non-hydrogen) atoms. The largest absolute Gasteiger partial charge is 0.301 e. The smallest absolute Gasteiger partial charge is 0.206 e. The number of rotatable bonds is 3. The summed E-state index contributed by atoms with van der Waals surface area (Å²) in [4.78, 5) is 0. The minimum absolute atomic E-state index is 0.362. The van der Waals surface area contributed by atoms with Crippen molar-refractivity contribution in [1.82, 2.24) is 0 Å². The molecule has 1 aliphatic rings. The highest BCUT2D eigenvalue weighted by Gasteiger charge is 2.27. The lowest BCUT2D eigenvalue weighted by atomic mass is 9.78. The number of allylic oxidation sites excluding steroid dienone is 2. The van der Waals surface area contributed by atoms with Gasteiger partial charge >= 0.3 is 6.08 Å². The monoisotopic (exact) mass is 280 g/mol. The summed E-state index contributed by atoms with van der Waals surface area (Å²) in [6, 6.07) is 8.29. The summed E-state index contributed by atoms with van der Waals surface area (Å²) < 4.78 is 37.7. The van der Waals surface area contributed by atoms with Crippen molar-refractivity contribution in [2.75, 3.05) is 0 Å². The third-order valence-electron chi connectivity index (χ3n) is 4.03. The molecule has 0 bridgehead atoms. The normalized spacial score (nSPS) is 23.0. The Hall–Kier alpha value is -1.51. The van der Waals surface area contributed by atoms with Crippen molar-refractivity contribution in [3.8, 4) is 0 Å². The van der Waals surface area contributed by atoms with Gasteiger partial charge in [-0.2, -0.15) is 8.78 Å². The standard InChI is InChI=1S/C17H19F3/c1-2-3-12-4-6-13(7-5-12)14-8-10-15(11-9-14)16(18)17(19)20/h2-7,14-15H,8-11H2,1H3/b3-2+. The third-order valence-corrected chi connectivity index (χ3v) is 4.03. The van der Waals surface area contributed by atoms with Crippen LogP contribution >= 0.6 is 0 Å². The van der Waals surface area contributed by atoms with E-state index in [-0.39, 0.29) is 0 Å². The number of hydrogen-bond acceptors (Lipinski definition) is 0. The molecule has 1 aromatic carbocycles. The number of benzene rings is 1. The van der Waals surface area contributed by atoms with Gasteiger partial charge in [0.2, 0.25) is 0 Å². The lowest BCUT2D eigenvalue weighted by molar-refractivity contribution is 0.281. The van der Waals surface area contributed by atoms with Crippen molar-refractivity contribution in [3.63, 3.8) is 0 Å². The predicted molar refractivity (Wildman–Crippen MR) is 76.2 cm³/mol. The fourth-order valence-corrected chi connectivity index (χ4v) is 2.91. The van der Waals surface area contributed by atoms with Crippen LogP contribution in [0.3, 0.4) is 0 Å². The minimum Gasteiger partial charge on any atom is -0.206 e. The molecule has 0 atom stereocenters. The molecule has 0 aromatic heterocycles. The van der Waals surface area contributed by atoms with Crippen molar-refractivity contribution in [2.45, 2.75) is 38.5 Å². The first-order valence-electron chi connectivity index (χ1n) is 7.05. The molecule has 1 fully saturated rings. The van der Waals surface area contributed by atoms with Gasteiger partial charge < -0.3 is 0 Å². The van der Waals surface area contributed by atoms with Crippen LogP contribution in [0.15, 0.2) is 42.2 Å². The minimum atomic E-state index is -2.15. The molecule has 0 aliphatic heterocycles. The maximum absolute atomic E-state index is 13.2. The summed E-state index contributed by atoms with van der Waals surface area (Å²) in [5.41, 5.74) is 2.38. The van der Waals surface area contributed by atoms with E-state index in [1.54, 1.807) is 0 Å². The fraction of sp³-hybridized carbons (Fsp3) is 0.412. The van der Waals surface area contributed by atoms with Crippen LogP contribution < -0.4 is 0 Å². The summed E-state index contributed by atoms with van der Waals surface area (Å²) in [5, 5.41) is 0. The van der Waals surface area contributed by atoms with Crippen LogP contribution in [0.4, 0.5) is 13.2 Å². The van der Waals surface area contributed by atoms with E-state index in [1.165, 1.54) is 5.56 Å². The van der Waals surface area contributed by atoms with Crippen LogP contribution in [0.5, 0.6) is 0 Å². The van der Waals surface area contributed by atoms with Crippen LogP contribution in [0.2, 0.25) is 0 Å². The van der Waals surface area contributed by atoms with E-state index in [0.717, 1.165) is 18.4 Å². The van der Waals surface area contributed by atoms with Crippen molar-refractivity contribution in [3.05, 3.63) is 53.4 Å². The molecule has 1 aromatic rings. The molecule has 3 heteroatoms. The van der Waals surface area contributed by atoms with E-state index < -0.39 is 17.8 Å². The first-order valence-corrected chi connectivity index (χ1v) is 7.05. The molecular formula is C17H19F3. The molecule has 108 valence electrons. The first kappa shape index (κ1) is 14.9. The Morgan fingerprint density at radius 3 is 2.10 bits per heavy atom. The molecule has 0 nitrogen and oxygen atoms in total. The molecular weight excluding hydrogens is 261 g/mol. The van der Waals surface area contributed by atoms with Crippen molar-refractivity contribution >= 4 is 6.08 Å². The van der Waals surface area contributed by atoms with Gasteiger partial charge in [-0.3, -0.25) is 0 Å². The second-order valence-corrected chi connectivity index (χ2v) is 5.32. The van der Waals surface area contributed by atoms with Gasteiger partial charge in [0, 0.05) is 5.92 Å². The topological polar surface area (TPSA) is 0 Å². The Kier molecular flexibility index (Phi) is 5.05. The lowest BCUT2D eigenvalue weighted by Gasteiger charge is -2.27. The van der Waals surface area contributed by atoms with Crippen LogP contribution in [-0.2, 0) is 0 Å². The highest BCUT2D eigenvalue weighted by atomic mass is 19.3. The molecule has 0 spiro atoms. The summed E-state index contributed by atoms with van der Waals surface area (Å²) >= 11 is 0. The highest BCUT2D eigenvalue weighted by molar-refractivity contribution is 5.49. The molecule has 0 unspecified atom stereocenters. The Bertz CT molecular complexity index is 487. The van der Waals surface area contributed by atoms with Crippen molar-refractivity contribution in [2.24, 2.45) is 5.92 Å². The van der Waals surface area contributed by atoms with Crippen LogP contribution in [0, 0.1) is 5.92 Å². The molecule has 0 radical (unpaired) electrons. The fourth-order valence-electron chi connectivity index (χ4n) is 2.91. The Labute approximate surface area is 118 Å². The van der Waals surface area contributed by atoms with Gasteiger partial charge in [0.1, 0.15) is 0 Å². The van der Waals surface area contributed by atoms with E-state index in [0.29, 0.717) is 18.8 Å². The molecule has 1 saturated carbocycles. The van der Waals surface area contributed by atoms with Gasteiger partial charge in [-0.25, -0.2) is 4.39 Å². The van der Waals surface area contributed by atoms with E-state index >= 15 is 0 Å². The maximum Gasteiger partial charge on any atom is 0.301 e. The quantitative estimate of drug-likeness (QED) is 0.630. The second-order valence-electron chi connectivity index (χ2n) is 5.32. The second kappa shape index (κ2) is 6.78. The molecule has 1 aliphatic carbocycles. The predicted octanol–water partition coefficient (Wildman–Crippen LogP) is 6.07. The van der Waals surface area contributed by atoms with Crippen LogP contribution in [-0.4, -0.2) is 0 Å². The average molecular weight is 280 g/mol. The summed E-state index contributed by atoms with van der Waals surface area (Å²) in [6.07, 6.45) is 4.42. The van der Waals surface area contributed by atoms with Gasteiger partial charge in [-0.05, 0) is 49.7 Å².